The van der Waals surface area contributed by atoms with Crippen molar-refractivity contribution in [2.45, 2.75) is 78.9 Å². The number of aromatic nitrogens is 2. The molecule has 1 radical (unpaired) electrons. The van der Waals surface area contributed by atoms with Gasteiger partial charge in [0.25, 0.3) is 0 Å². The van der Waals surface area contributed by atoms with Crippen molar-refractivity contribution in [3.8, 4) is 33.6 Å². The monoisotopic (exact) mass is 893 g/mol. The summed E-state index contributed by atoms with van der Waals surface area (Å²) >= 11 is 1.83. The predicted octanol–water partition coefficient (Wildman–Crippen LogP) is 12.7. The van der Waals surface area contributed by atoms with Crippen LogP contribution in [0.1, 0.15) is 54.4 Å². The van der Waals surface area contributed by atoms with Crippen LogP contribution in [0.3, 0.4) is 0 Å². The summed E-state index contributed by atoms with van der Waals surface area (Å²) in [6, 6.07) is 39.4. The quantitative estimate of drug-likeness (QED) is 0.123. The zero-order valence-electron chi connectivity index (χ0n) is 31.3. The van der Waals surface area contributed by atoms with Gasteiger partial charge in [-0.1, -0.05) is 129 Å². The zero-order chi connectivity index (χ0) is 35.5. The Morgan fingerprint density at radius 1 is 0.673 bits per heavy atom. The van der Waals surface area contributed by atoms with E-state index in [4.69, 9.17) is 4.98 Å². The summed E-state index contributed by atoms with van der Waals surface area (Å²) < 4.78 is 2.58. The van der Waals surface area contributed by atoms with Crippen molar-refractivity contribution in [2.75, 3.05) is 0 Å². The molecule has 0 aliphatic heterocycles. The van der Waals surface area contributed by atoms with E-state index >= 15 is 0 Å². The molecule has 0 unspecified atom stereocenters. The van der Waals surface area contributed by atoms with Crippen LogP contribution in [0.4, 0.5) is 0 Å². The Hall–Kier alpha value is -3.73. The fourth-order valence-electron chi connectivity index (χ4n) is 7.40. The number of fused-ring (bicyclic) bond motifs is 3. The molecular weight excluding hydrogens is 845 g/mol. The summed E-state index contributed by atoms with van der Waals surface area (Å²) in [7, 11) is -1.37. The second-order valence-electron chi connectivity index (χ2n) is 15.5. The van der Waals surface area contributed by atoms with E-state index in [0.29, 0.717) is 0 Å². The van der Waals surface area contributed by atoms with Crippen molar-refractivity contribution in [1.29, 1.82) is 0 Å². The molecule has 5 heteroatoms. The van der Waals surface area contributed by atoms with E-state index in [1.54, 1.807) is 10.8 Å². The van der Waals surface area contributed by atoms with Gasteiger partial charge in [0.2, 0.25) is 0 Å². The number of hydrogen-bond acceptors (Lipinski definition) is 3. The molecule has 0 spiro atoms. The molecule has 8 rings (SSSR count). The first-order valence-electron chi connectivity index (χ1n) is 18.5. The van der Waals surface area contributed by atoms with Gasteiger partial charge in [-0.2, -0.15) is 11.3 Å². The topological polar surface area (TPSA) is 25.8 Å². The van der Waals surface area contributed by atoms with Gasteiger partial charge in [0.1, 0.15) is 0 Å². The number of nitrogens with zero attached hydrogens (tertiary/aromatic N) is 2. The third kappa shape index (κ3) is 8.89. The first-order valence-corrected chi connectivity index (χ1v) is 22.8. The Balaban J connectivity index is 0.000000177. The van der Waals surface area contributed by atoms with Crippen molar-refractivity contribution >= 4 is 44.8 Å². The molecule has 3 aromatic heterocycles. The molecule has 1 aliphatic rings. The van der Waals surface area contributed by atoms with Crippen LogP contribution in [0.25, 0.3) is 53.8 Å². The van der Waals surface area contributed by atoms with E-state index < -0.39 is 8.07 Å². The van der Waals surface area contributed by atoms with E-state index in [9.17, 15) is 0 Å². The average Bonchev–Trinajstić information content (AvgIpc) is 3.49. The fraction of sp³-hybridized carbons (Fsp3) is 0.277. The number of benzene rings is 4. The molecule has 1 saturated carbocycles. The Bertz CT molecular complexity index is 2290. The molecule has 7 aromatic rings. The van der Waals surface area contributed by atoms with Crippen LogP contribution in [0.2, 0.25) is 19.6 Å². The second kappa shape index (κ2) is 16.5. The van der Waals surface area contributed by atoms with Crippen LogP contribution in [0, 0.1) is 38.8 Å². The van der Waals surface area contributed by atoms with Gasteiger partial charge in [-0.25, -0.2) is 0 Å². The Morgan fingerprint density at radius 3 is 2.12 bits per heavy atom. The molecule has 0 saturated heterocycles. The van der Waals surface area contributed by atoms with E-state index in [-0.39, 0.29) is 20.1 Å². The van der Waals surface area contributed by atoms with Crippen LogP contribution in [-0.4, -0.2) is 18.0 Å². The van der Waals surface area contributed by atoms with Crippen molar-refractivity contribution in [1.82, 2.24) is 9.97 Å². The molecule has 1 aliphatic carbocycles. The molecular formula is C47H48IrN2SSi-2. The predicted molar refractivity (Wildman–Crippen MR) is 223 cm³/mol. The Morgan fingerprint density at radius 2 is 1.38 bits per heavy atom. The summed E-state index contributed by atoms with van der Waals surface area (Å²) in [5, 5.41) is 4.13. The molecule has 1 fully saturated rings. The first kappa shape index (κ1) is 38.0. The maximum atomic E-state index is 4.81. The first-order chi connectivity index (χ1) is 24.6. The average molecular weight is 893 g/mol. The van der Waals surface area contributed by atoms with Gasteiger partial charge in [0.05, 0.1) is 8.07 Å². The molecule has 52 heavy (non-hydrogen) atoms. The van der Waals surface area contributed by atoms with Crippen LogP contribution >= 0.6 is 11.3 Å². The number of aryl methyl sites for hydroxylation is 3. The molecule has 0 atom stereocenters. The van der Waals surface area contributed by atoms with Crippen molar-refractivity contribution in [2.24, 2.45) is 5.92 Å². The largest absolute Gasteiger partial charge is 0.305 e. The maximum Gasteiger partial charge on any atom is 0.0798 e. The van der Waals surface area contributed by atoms with Gasteiger partial charge >= 0.3 is 0 Å². The SMILES string of the molecule is Cc1cc[c-]c(-c2cc(CC3CCCCC3)c([Si](C)(C)C)cn2)c1.Cc1ccc(-c2ccc3c(c2)sc2c[c-]c(-c4cc(C)ccn4)cc23)cc1.[Ir]. The summed E-state index contributed by atoms with van der Waals surface area (Å²) in [6.07, 6.45) is 12.3. The fourth-order valence-corrected chi connectivity index (χ4v) is 10.1. The maximum absolute atomic E-state index is 4.81. The summed E-state index contributed by atoms with van der Waals surface area (Å²) in [4.78, 5) is 9.33. The summed E-state index contributed by atoms with van der Waals surface area (Å²) in [5.41, 5.74) is 12.1. The van der Waals surface area contributed by atoms with Crippen molar-refractivity contribution < 1.29 is 20.1 Å². The number of pyridine rings is 2. The third-order valence-corrected chi connectivity index (χ3v) is 13.4. The van der Waals surface area contributed by atoms with Gasteiger partial charge in [0, 0.05) is 37.2 Å². The minimum absolute atomic E-state index is 0. The third-order valence-electron chi connectivity index (χ3n) is 10.2. The van der Waals surface area contributed by atoms with Crippen molar-refractivity contribution in [3.05, 3.63) is 138 Å². The van der Waals surface area contributed by atoms with Gasteiger partial charge in [-0.05, 0) is 76.1 Å². The van der Waals surface area contributed by atoms with Crippen LogP contribution in [0.15, 0.2) is 103 Å². The van der Waals surface area contributed by atoms with Crippen LogP contribution in [0.5, 0.6) is 0 Å². The minimum Gasteiger partial charge on any atom is -0.305 e. The normalized spacial score (nSPS) is 13.4. The number of hydrogen-bond donors (Lipinski definition) is 0. The molecule has 0 bridgehead atoms. The van der Waals surface area contributed by atoms with Gasteiger partial charge in [-0.15, -0.1) is 59.2 Å². The van der Waals surface area contributed by atoms with Gasteiger partial charge in [-0.3, -0.25) is 0 Å². The van der Waals surface area contributed by atoms with Crippen LogP contribution in [-0.2, 0) is 26.5 Å². The standard InChI is InChI=1S/C25H18NS.C22H30NSi.Ir/c1-16-3-5-18(6-4-16)19-7-9-21-22-14-20(23-13-17(2)11-12-26-23)8-10-24(22)27-25(21)15-19;1-17-9-8-12-19(13-17)21-15-20(14-18-10-6-5-7-11-18)22(16-23-21)24(2,3)4;/h3-7,9-15H,1-2H3;8-9,13,15-16,18H,5-7,10-11,14H2,1-4H3;/q2*-1;. The number of thiophene rings is 1. The van der Waals surface area contributed by atoms with Gasteiger partial charge < -0.3 is 9.97 Å². The molecule has 4 aromatic carbocycles. The summed E-state index contributed by atoms with van der Waals surface area (Å²) in [6.45, 7) is 13.7. The minimum atomic E-state index is -1.37. The molecule has 0 amide bonds. The Labute approximate surface area is 329 Å². The molecule has 0 N–H and O–H groups in total. The molecule has 3 heterocycles. The molecule has 2 nitrogen and oxygen atoms in total. The Kier molecular flexibility index (Phi) is 12.1. The second-order valence-corrected chi connectivity index (χ2v) is 21.6. The zero-order valence-corrected chi connectivity index (χ0v) is 35.5. The van der Waals surface area contributed by atoms with Crippen LogP contribution < -0.4 is 5.19 Å². The summed E-state index contributed by atoms with van der Waals surface area (Å²) in [5.74, 6) is 0.866. The smallest absolute Gasteiger partial charge is 0.0798 e. The number of rotatable bonds is 6. The van der Waals surface area contributed by atoms with E-state index in [1.807, 2.05) is 29.7 Å². The van der Waals surface area contributed by atoms with Gasteiger partial charge in [0.15, 0.2) is 0 Å². The molecule has 267 valence electrons. The van der Waals surface area contributed by atoms with E-state index in [0.717, 1.165) is 28.4 Å². The van der Waals surface area contributed by atoms with E-state index in [2.05, 4.69) is 143 Å². The van der Waals surface area contributed by atoms with E-state index in [1.165, 1.54) is 86.5 Å². The van der Waals surface area contributed by atoms with Crippen molar-refractivity contribution in [3.63, 3.8) is 0 Å².